The first-order chi connectivity index (χ1) is 9.88. The van der Waals surface area contributed by atoms with E-state index in [1.165, 1.54) is 39.2 Å². The van der Waals surface area contributed by atoms with Crippen molar-refractivity contribution in [2.45, 2.75) is 34.2 Å². The maximum absolute atomic E-state index is 3.58. The average Bonchev–Trinajstić information content (AvgIpc) is 2.38. The van der Waals surface area contributed by atoms with Crippen LogP contribution in [-0.2, 0) is 6.54 Å². The summed E-state index contributed by atoms with van der Waals surface area (Å²) in [4.78, 5) is 2.13. The van der Waals surface area contributed by atoms with Gasteiger partial charge < -0.3 is 10.2 Å². The van der Waals surface area contributed by atoms with E-state index >= 15 is 0 Å². The summed E-state index contributed by atoms with van der Waals surface area (Å²) in [6.07, 6.45) is 0. The Morgan fingerprint density at radius 3 is 2.00 bits per heavy atom. The van der Waals surface area contributed by atoms with E-state index in [1.54, 1.807) is 0 Å². The van der Waals surface area contributed by atoms with Gasteiger partial charge in [-0.2, -0.15) is 0 Å². The van der Waals surface area contributed by atoms with Gasteiger partial charge in [0.1, 0.15) is 0 Å². The van der Waals surface area contributed by atoms with Crippen LogP contribution in [-0.4, -0.2) is 14.1 Å². The standard InChI is InChI=1S/C19H26N2/c1-13-9-14(2)18(15(3)10-13)12-20-19-8-7-17(21(5)6)11-16(19)4/h7-11,20H,12H2,1-6H3. The summed E-state index contributed by atoms with van der Waals surface area (Å²) < 4.78 is 0. The molecule has 0 spiro atoms. The summed E-state index contributed by atoms with van der Waals surface area (Å²) in [5.74, 6) is 0. The van der Waals surface area contributed by atoms with Crippen molar-refractivity contribution in [3.63, 3.8) is 0 Å². The van der Waals surface area contributed by atoms with E-state index in [1.807, 2.05) is 0 Å². The molecule has 0 radical (unpaired) electrons. The number of nitrogens with one attached hydrogen (secondary N) is 1. The Morgan fingerprint density at radius 1 is 0.857 bits per heavy atom. The lowest BCUT2D eigenvalue weighted by molar-refractivity contribution is 1.07. The van der Waals surface area contributed by atoms with E-state index in [9.17, 15) is 0 Å². The lowest BCUT2D eigenvalue weighted by atomic mass is 9.99. The molecular formula is C19H26N2. The number of hydrogen-bond donors (Lipinski definition) is 1. The third-order valence-electron chi connectivity index (χ3n) is 4.02. The fraction of sp³-hybridized carbons (Fsp3) is 0.368. The smallest absolute Gasteiger partial charge is 0.0406 e. The van der Waals surface area contributed by atoms with Crippen LogP contribution in [0.2, 0.25) is 0 Å². The van der Waals surface area contributed by atoms with Crippen molar-refractivity contribution in [3.8, 4) is 0 Å². The van der Waals surface area contributed by atoms with E-state index in [0.717, 1.165) is 6.54 Å². The molecule has 0 unspecified atom stereocenters. The van der Waals surface area contributed by atoms with Gasteiger partial charge in [-0.15, -0.1) is 0 Å². The Labute approximate surface area is 128 Å². The third kappa shape index (κ3) is 3.57. The largest absolute Gasteiger partial charge is 0.381 e. The van der Waals surface area contributed by atoms with Gasteiger partial charge in [-0.3, -0.25) is 0 Å². The Kier molecular flexibility index (Phi) is 4.56. The van der Waals surface area contributed by atoms with Crippen LogP contribution in [0.5, 0.6) is 0 Å². The molecular weight excluding hydrogens is 256 g/mol. The van der Waals surface area contributed by atoms with Crippen molar-refractivity contribution in [1.82, 2.24) is 0 Å². The molecule has 2 aromatic rings. The SMILES string of the molecule is Cc1cc(C)c(CNc2ccc(N(C)C)cc2C)c(C)c1. The second kappa shape index (κ2) is 6.21. The monoisotopic (exact) mass is 282 g/mol. The first-order valence-corrected chi connectivity index (χ1v) is 7.47. The number of benzene rings is 2. The maximum Gasteiger partial charge on any atom is 0.0406 e. The minimum atomic E-state index is 0.875. The second-order valence-electron chi connectivity index (χ2n) is 6.12. The summed E-state index contributed by atoms with van der Waals surface area (Å²) in [5, 5.41) is 3.58. The van der Waals surface area contributed by atoms with E-state index in [0.29, 0.717) is 0 Å². The van der Waals surface area contributed by atoms with Crippen molar-refractivity contribution in [3.05, 3.63) is 58.1 Å². The molecule has 21 heavy (non-hydrogen) atoms. The number of rotatable bonds is 4. The summed E-state index contributed by atoms with van der Waals surface area (Å²) in [7, 11) is 4.14. The molecule has 0 saturated heterocycles. The molecule has 2 rings (SSSR count). The predicted molar refractivity (Wildman–Crippen MR) is 93.5 cm³/mol. The van der Waals surface area contributed by atoms with Crippen LogP contribution in [0.1, 0.15) is 27.8 Å². The molecule has 2 aromatic carbocycles. The molecule has 0 aliphatic carbocycles. The molecule has 0 aliphatic rings. The molecule has 2 heteroatoms. The molecule has 0 saturated carbocycles. The first-order valence-electron chi connectivity index (χ1n) is 7.47. The molecule has 0 atom stereocenters. The first kappa shape index (κ1) is 15.4. The van der Waals surface area contributed by atoms with Crippen LogP contribution in [0.4, 0.5) is 11.4 Å². The van der Waals surface area contributed by atoms with Gasteiger partial charge in [-0.1, -0.05) is 17.7 Å². The molecule has 0 heterocycles. The van der Waals surface area contributed by atoms with Crippen LogP contribution in [0.3, 0.4) is 0 Å². The van der Waals surface area contributed by atoms with Crippen LogP contribution in [0.25, 0.3) is 0 Å². The van der Waals surface area contributed by atoms with Gasteiger partial charge in [-0.05, 0) is 68.1 Å². The van der Waals surface area contributed by atoms with Crippen molar-refractivity contribution in [1.29, 1.82) is 0 Å². The minimum absolute atomic E-state index is 0.875. The number of anilines is 2. The number of hydrogen-bond acceptors (Lipinski definition) is 2. The molecule has 0 fully saturated rings. The normalized spacial score (nSPS) is 10.6. The van der Waals surface area contributed by atoms with E-state index < -0.39 is 0 Å². The minimum Gasteiger partial charge on any atom is -0.381 e. The zero-order valence-electron chi connectivity index (χ0n) is 14.0. The number of nitrogens with zero attached hydrogens (tertiary/aromatic N) is 1. The van der Waals surface area contributed by atoms with Crippen molar-refractivity contribution < 1.29 is 0 Å². The van der Waals surface area contributed by atoms with Crippen molar-refractivity contribution in [2.75, 3.05) is 24.3 Å². The maximum atomic E-state index is 3.58. The van der Waals surface area contributed by atoms with Crippen LogP contribution < -0.4 is 10.2 Å². The van der Waals surface area contributed by atoms with Gasteiger partial charge >= 0.3 is 0 Å². The van der Waals surface area contributed by atoms with Gasteiger partial charge in [0.05, 0.1) is 0 Å². The summed E-state index contributed by atoms with van der Waals surface area (Å²) in [6, 6.07) is 11.1. The van der Waals surface area contributed by atoms with Gasteiger partial charge in [0.25, 0.3) is 0 Å². The third-order valence-corrected chi connectivity index (χ3v) is 4.02. The highest BCUT2D eigenvalue weighted by molar-refractivity contribution is 5.60. The Balaban J connectivity index is 2.17. The summed E-state index contributed by atoms with van der Waals surface area (Å²) in [5.41, 5.74) is 9.19. The fourth-order valence-corrected chi connectivity index (χ4v) is 2.80. The average molecular weight is 282 g/mol. The van der Waals surface area contributed by atoms with Crippen molar-refractivity contribution >= 4 is 11.4 Å². The molecule has 0 aromatic heterocycles. The quantitative estimate of drug-likeness (QED) is 0.881. The molecule has 0 aliphatic heterocycles. The van der Waals surface area contributed by atoms with E-state index in [4.69, 9.17) is 0 Å². The molecule has 112 valence electrons. The topological polar surface area (TPSA) is 15.3 Å². The fourth-order valence-electron chi connectivity index (χ4n) is 2.80. The second-order valence-corrected chi connectivity index (χ2v) is 6.12. The highest BCUT2D eigenvalue weighted by atomic mass is 15.1. The zero-order valence-corrected chi connectivity index (χ0v) is 14.0. The lowest BCUT2D eigenvalue weighted by Gasteiger charge is -2.17. The Bertz CT molecular complexity index is 619. The summed E-state index contributed by atoms with van der Waals surface area (Å²) >= 11 is 0. The summed E-state index contributed by atoms with van der Waals surface area (Å²) in [6.45, 7) is 9.57. The van der Waals surface area contributed by atoms with Gasteiger partial charge in [0.2, 0.25) is 0 Å². The van der Waals surface area contributed by atoms with Crippen LogP contribution >= 0.6 is 0 Å². The molecule has 0 bridgehead atoms. The molecule has 1 N–H and O–H groups in total. The van der Waals surface area contributed by atoms with Crippen LogP contribution in [0.15, 0.2) is 30.3 Å². The van der Waals surface area contributed by atoms with E-state index in [2.05, 4.69) is 82.3 Å². The number of aryl methyl sites for hydroxylation is 4. The Morgan fingerprint density at radius 2 is 1.48 bits per heavy atom. The highest BCUT2D eigenvalue weighted by Crippen LogP contribution is 2.23. The highest BCUT2D eigenvalue weighted by Gasteiger charge is 2.06. The van der Waals surface area contributed by atoms with Gasteiger partial charge in [0, 0.05) is 32.0 Å². The van der Waals surface area contributed by atoms with Crippen LogP contribution in [0, 0.1) is 27.7 Å². The van der Waals surface area contributed by atoms with Gasteiger partial charge in [0.15, 0.2) is 0 Å². The lowest BCUT2D eigenvalue weighted by Crippen LogP contribution is -2.10. The zero-order chi connectivity index (χ0) is 15.6. The Hall–Kier alpha value is -1.96. The predicted octanol–water partition coefficient (Wildman–Crippen LogP) is 4.60. The van der Waals surface area contributed by atoms with Gasteiger partial charge in [-0.25, -0.2) is 0 Å². The van der Waals surface area contributed by atoms with Crippen molar-refractivity contribution in [2.24, 2.45) is 0 Å². The van der Waals surface area contributed by atoms with E-state index in [-0.39, 0.29) is 0 Å². The molecule has 2 nitrogen and oxygen atoms in total. The molecule has 0 amide bonds.